The minimum Gasteiger partial charge on any atom is -0.379 e. The molecular formula is C13H16ClNO4S. The van der Waals surface area contributed by atoms with Gasteiger partial charge in [0, 0.05) is 18.1 Å². The molecule has 20 heavy (non-hydrogen) atoms. The summed E-state index contributed by atoms with van der Waals surface area (Å²) in [6.45, 7) is 2.63. The highest BCUT2D eigenvalue weighted by atomic mass is 35.5. The van der Waals surface area contributed by atoms with Gasteiger partial charge in [0.25, 0.3) is 0 Å². The zero-order valence-corrected chi connectivity index (χ0v) is 12.5. The SMILES string of the molecule is O=C(CN1CCOCC1)CS(=O)(=O)c1ccc(Cl)cc1. The van der Waals surface area contributed by atoms with Crippen LogP contribution in [0.1, 0.15) is 0 Å². The summed E-state index contributed by atoms with van der Waals surface area (Å²) in [5.41, 5.74) is 0. The second kappa shape index (κ2) is 6.67. The summed E-state index contributed by atoms with van der Waals surface area (Å²) in [7, 11) is -3.59. The highest BCUT2D eigenvalue weighted by Gasteiger charge is 2.21. The van der Waals surface area contributed by atoms with E-state index < -0.39 is 15.6 Å². The van der Waals surface area contributed by atoms with E-state index in [1.807, 2.05) is 4.90 Å². The fourth-order valence-corrected chi connectivity index (χ4v) is 3.35. The van der Waals surface area contributed by atoms with Gasteiger partial charge in [-0.25, -0.2) is 8.42 Å². The Bertz CT molecular complexity index is 565. The largest absolute Gasteiger partial charge is 0.379 e. The highest BCUT2D eigenvalue weighted by molar-refractivity contribution is 7.92. The lowest BCUT2D eigenvalue weighted by atomic mass is 10.3. The Kier molecular flexibility index (Phi) is 5.15. The average molecular weight is 318 g/mol. The summed E-state index contributed by atoms with van der Waals surface area (Å²) < 4.78 is 29.4. The van der Waals surface area contributed by atoms with Gasteiger partial charge in [-0.15, -0.1) is 0 Å². The highest BCUT2D eigenvalue weighted by Crippen LogP contribution is 2.15. The van der Waals surface area contributed by atoms with E-state index >= 15 is 0 Å². The van der Waals surface area contributed by atoms with Gasteiger partial charge >= 0.3 is 0 Å². The number of halogens is 1. The van der Waals surface area contributed by atoms with Crippen molar-refractivity contribution in [1.29, 1.82) is 0 Å². The summed E-state index contributed by atoms with van der Waals surface area (Å²) in [6, 6.07) is 5.83. The lowest BCUT2D eigenvalue weighted by Crippen LogP contribution is -2.40. The van der Waals surface area contributed by atoms with E-state index in [9.17, 15) is 13.2 Å². The molecule has 0 N–H and O–H groups in total. The smallest absolute Gasteiger partial charge is 0.185 e. The molecule has 0 spiro atoms. The molecule has 1 heterocycles. The first-order valence-electron chi connectivity index (χ1n) is 6.27. The van der Waals surface area contributed by atoms with Crippen LogP contribution in [0.4, 0.5) is 0 Å². The van der Waals surface area contributed by atoms with Crippen LogP contribution in [0.3, 0.4) is 0 Å². The number of sulfone groups is 1. The van der Waals surface area contributed by atoms with Gasteiger partial charge in [0.05, 0.1) is 24.7 Å². The maximum absolute atomic E-state index is 12.1. The van der Waals surface area contributed by atoms with E-state index in [4.69, 9.17) is 16.3 Å². The van der Waals surface area contributed by atoms with Crippen LogP contribution in [-0.2, 0) is 19.4 Å². The summed E-state index contributed by atoms with van der Waals surface area (Å²) in [5.74, 6) is -0.784. The fraction of sp³-hybridized carbons (Fsp3) is 0.462. The minimum atomic E-state index is -3.59. The Balaban J connectivity index is 1.97. The van der Waals surface area contributed by atoms with E-state index in [-0.39, 0.29) is 17.2 Å². The molecule has 2 rings (SSSR count). The second-order valence-electron chi connectivity index (χ2n) is 4.64. The molecule has 1 saturated heterocycles. The van der Waals surface area contributed by atoms with Crippen molar-refractivity contribution < 1.29 is 17.9 Å². The molecule has 5 nitrogen and oxygen atoms in total. The van der Waals surface area contributed by atoms with Gasteiger partial charge < -0.3 is 4.74 Å². The van der Waals surface area contributed by atoms with Gasteiger partial charge in [-0.3, -0.25) is 9.69 Å². The molecule has 110 valence electrons. The third-order valence-corrected chi connectivity index (χ3v) is 4.97. The van der Waals surface area contributed by atoms with Crippen LogP contribution in [0, 0.1) is 0 Å². The summed E-state index contributed by atoms with van der Waals surface area (Å²) >= 11 is 5.72. The van der Waals surface area contributed by atoms with Crippen molar-refractivity contribution in [3.8, 4) is 0 Å². The van der Waals surface area contributed by atoms with Gasteiger partial charge in [0.15, 0.2) is 15.6 Å². The molecule has 0 aliphatic carbocycles. The molecule has 1 aromatic rings. The van der Waals surface area contributed by atoms with E-state index in [2.05, 4.69) is 0 Å². The van der Waals surface area contributed by atoms with Crippen molar-refractivity contribution in [3.05, 3.63) is 29.3 Å². The molecular weight excluding hydrogens is 302 g/mol. The van der Waals surface area contributed by atoms with Crippen LogP contribution >= 0.6 is 11.6 Å². The second-order valence-corrected chi connectivity index (χ2v) is 7.07. The molecule has 1 fully saturated rings. The molecule has 1 aliphatic heterocycles. The lowest BCUT2D eigenvalue weighted by Gasteiger charge is -2.25. The molecule has 0 radical (unpaired) electrons. The van der Waals surface area contributed by atoms with Crippen molar-refractivity contribution in [3.63, 3.8) is 0 Å². The number of Topliss-reactive ketones (excluding diaryl/α,β-unsaturated/α-hetero) is 1. The predicted molar refractivity (Wildman–Crippen MR) is 75.8 cm³/mol. The maximum atomic E-state index is 12.1. The quantitative estimate of drug-likeness (QED) is 0.811. The number of ketones is 1. The number of hydrogen-bond donors (Lipinski definition) is 0. The Morgan fingerprint density at radius 1 is 1.20 bits per heavy atom. The average Bonchev–Trinajstić information content (AvgIpc) is 2.39. The monoisotopic (exact) mass is 317 g/mol. The molecule has 7 heteroatoms. The van der Waals surface area contributed by atoms with Crippen molar-refractivity contribution in [2.24, 2.45) is 0 Å². The third kappa shape index (κ3) is 4.28. The van der Waals surface area contributed by atoms with Crippen LogP contribution in [-0.4, -0.2) is 57.7 Å². The zero-order valence-electron chi connectivity index (χ0n) is 10.9. The number of benzene rings is 1. The fourth-order valence-electron chi connectivity index (χ4n) is 1.99. The third-order valence-electron chi connectivity index (χ3n) is 3.03. The van der Waals surface area contributed by atoms with Gasteiger partial charge in [-0.1, -0.05) is 11.6 Å². The Labute approximate surface area is 123 Å². The molecule has 1 aliphatic rings. The number of carbonyl (C=O) groups is 1. The van der Waals surface area contributed by atoms with E-state index in [0.29, 0.717) is 31.3 Å². The molecule has 0 bridgehead atoms. The molecule has 0 saturated carbocycles. The molecule has 0 aromatic heterocycles. The van der Waals surface area contributed by atoms with E-state index in [0.717, 1.165) is 0 Å². The maximum Gasteiger partial charge on any atom is 0.185 e. The Morgan fingerprint density at radius 3 is 2.40 bits per heavy atom. The summed E-state index contributed by atoms with van der Waals surface area (Å²) in [4.78, 5) is 13.9. The van der Waals surface area contributed by atoms with Crippen LogP contribution in [0.25, 0.3) is 0 Å². The van der Waals surface area contributed by atoms with Gasteiger partial charge in [0.1, 0.15) is 5.75 Å². The molecule has 1 aromatic carbocycles. The number of nitrogens with zero attached hydrogens (tertiary/aromatic N) is 1. The summed E-state index contributed by atoms with van der Waals surface area (Å²) in [5, 5.41) is 0.462. The van der Waals surface area contributed by atoms with Gasteiger partial charge in [-0.05, 0) is 24.3 Å². The number of rotatable bonds is 5. The van der Waals surface area contributed by atoms with Crippen molar-refractivity contribution in [1.82, 2.24) is 4.90 Å². The van der Waals surface area contributed by atoms with Crippen molar-refractivity contribution in [2.45, 2.75) is 4.90 Å². The van der Waals surface area contributed by atoms with Crippen LogP contribution in [0.15, 0.2) is 29.2 Å². The predicted octanol–water partition coefficient (Wildman–Crippen LogP) is 1.02. The van der Waals surface area contributed by atoms with Crippen LogP contribution in [0.5, 0.6) is 0 Å². The standard InChI is InChI=1S/C13H16ClNO4S/c14-11-1-3-13(4-2-11)20(17,18)10-12(16)9-15-5-7-19-8-6-15/h1-4H,5-10H2. The lowest BCUT2D eigenvalue weighted by molar-refractivity contribution is -0.118. The van der Waals surface area contributed by atoms with E-state index in [1.165, 1.54) is 24.3 Å². The Hall–Kier alpha value is -0.950. The first-order valence-corrected chi connectivity index (χ1v) is 8.30. The molecule has 0 atom stereocenters. The summed E-state index contributed by atoms with van der Waals surface area (Å²) in [6.07, 6.45) is 0. The van der Waals surface area contributed by atoms with Gasteiger partial charge in [-0.2, -0.15) is 0 Å². The molecule has 0 amide bonds. The number of morpholine rings is 1. The van der Waals surface area contributed by atoms with E-state index in [1.54, 1.807) is 0 Å². The zero-order chi connectivity index (χ0) is 14.6. The van der Waals surface area contributed by atoms with Gasteiger partial charge in [0.2, 0.25) is 0 Å². The first-order chi connectivity index (χ1) is 9.47. The number of hydrogen-bond acceptors (Lipinski definition) is 5. The van der Waals surface area contributed by atoms with Crippen LogP contribution in [0.2, 0.25) is 5.02 Å². The number of carbonyl (C=O) groups excluding carboxylic acids is 1. The van der Waals surface area contributed by atoms with Crippen molar-refractivity contribution >= 4 is 27.2 Å². The normalized spacial score (nSPS) is 17.1. The minimum absolute atomic E-state index is 0.122. The Morgan fingerprint density at radius 2 is 1.80 bits per heavy atom. The van der Waals surface area contributed by atoms with Crippen LogP contribution < -0.4 is 0 Å². The molecule has 0 unspecified atom stereocenters. The van der Waals surface area contributed by atoms with Crippen molar-refractivity contribution in [2.75, 3.05) is 38.6 Å². The number of ether oxygens (including phenoxy) is 1. The topological polar surface area (TPSA) is 63.7 Å². The first kappa shape index (κ1) is 15.4.